The second-order valence-corrected chi connectivity index (χ2v) is 6.16. The highest BCUT2D eigenvalue weighted by molar-refractivity contribution is 5.95. The van der Waals surface area contributed by atoms with Crippen LogP contribution in [0.2, 0.25) is 0 Å². The first-order valence-electron chi connectivity index (χ1n) is 8.91. The van der Waals surface area contributed by atoms with E-state index in [2.05, 4.69) is 5.32 Å². The van der Waals surface area contributed by atoms with Crippen LogP contribution in [0.15, 0.2) is 36.4 Å². The SMILES string of the molecule is COc1cc(C)cc(OC)c1OC.O=CNc1ccc(N2CCCC2=O)cc1. The van der Waals surface area contributed by atoms with Crippen LogP contribution in [0, 0.1) is 6.92 Å². The average molecular weight is 386 g/mol. The largest absolute Gasteiger partial charge is 0.493 e. The van der Waals surface area contributed by atoms with Gasteiger partial charge in [-0.05, 0) is 55.3 Å². The van der Waals surface area contributed by atoms with Gasteiger partial charge in [0.1, 0.15) is 0 Å². The van der Waals surface area contributed by atoms with Crippen molar-refractivity contribution in [1.82, 2.24) is 0 Å². The van der Waals surface area contributed by atoms with Crippen LogP contribution in [-0.4, -0.2) is 40.2 Å². The lowest BCUT2D eigenvalue weighted by Crippen LogP contribution is -2.23. The minimum Gasteiger partial charge on any atom is -0.493 e. The fourth-order valence-corrected chi connectivity index (χ4v) is 2.94. The monoisotopic (exact) mass is 386 g/mol. The van der Waals surface area contributed by atoms with E-state index in [1.54, 1.807) is 38.4 Å². The number of hydrogen-bond donors (Lipinski definition) is 1. The molecule has 0 spiro atoms. The Hall–Kier alpha value is -3.22. The zero-order valence-corrected chi connectivity index (χ0v) is 16.7. The van der Waals surface area contributed by atoms with Crippen LogP contribution in [0.4, 0.5) is 11.4 Å². The van der Waals surface area contributed by atoms with Gasteiger partial charge in [0, 0.05) is 24.3 Å². The quantitative estimate of drug-likeness (QED) is 0.770. The molecule has 0 aromatic heterocycles. The lowest BCUT2D eigenvalue weighted by molar-refractivity contribution is -0.117. The Morgan fingerprint density at radius 3 is 2.04 bits per heavy atom. The smallest absolute Gasteiger partial charge is 0.227 e. The highest BCUT2D eigenvalue weighted by Gasteiger charge is 2.21. The van der Waals surface area contributed by atoms with E-state index in [1.807, 2.05) is 31.2 Å². The summed E-state index contributed by atoms with van der Waals surface area (Å²) in [5, 5.41) is 2.55. The van der Waals surface area contributed by atoms with Crippen LogP contribution < -0.4 is 24.4 Å². The average Bonchev–Trinajstić information content (AvgIpc) is 3.14. The summed E-state index contributed by atoms with van der Waals surface area (Å²) < 4.78 is 15.5. The lowest BCUT2D eigenvalue weighted by Gasteiger charge is -2.15. The minimum absolute atomic E-state index is 0.172. The molecule has 0 bridgehead atoms. The van der Waals surface area contributed by atoms with Gasteiger partial charge in [-0.15, -0.1) is 0 Å². The normalized spacial score (nSPS) is 12.7. The fourth-order valence-electron chi connectivity index (χ4n) is 2.94. The van der Waals surface area contributed by atoms with Gasteiger partial charge in [0.2, 0.25) is 18.1 Å². The van der Waals surface area contributed by atoms with Gasteiger partial charge in [-0.1, -0.05) is 0 Å². The van der Waals surface area contributed by atoms with Crippen molar-refractivity contribution in [3.05, 3.63) is 42.0 Å². The molecule has 0 aliphatic carbocycles. The second-order valence-electron chi connectivity index (χ2n) is 6.16. The lowest BCUT2D eigenvalue weighted by atomic mass is 10.2. The summed E-state index contributed by atoms with van der Waals surface area (Å²) in [5.74, 6) is 2.19. The topological polar surface area (TPSA) is 77.1 Å². The maximum absolute atomic E-state index is 11.4. The van der Waals surface area contributed by atoms with Crippen LogP contribution in [0.25, 0.3) is 0 Å². The highest BCUT2D eigenvalue weighted by Crippen LogP contribution is 2.37. The van der Waals surface area contributed by atoms with E-state index in [0.29, 0.717) is 30.1 Å². The zero-order valence-electron chi connectivity index (χ0n) is 16.7. The number of nitrogens with zero attached hydrogens (tertiary/aromatic N) is 1. The molecule has 150 valence electrons. The molecule has 3 rings (SSSR count). The van der Waals surface area contributed by atoms with Gasteiger partial charge in [-0.2, -0.15) is 0 Å². The summed E-state index contributed by atoms with van der Waals surface area (Å²) >= 11 is 0. The molecule has 7 nitrogen and oxygen atoms in total. The molecule has 0 radical (unpaired) electrons. The summed E-state index contributed by atoms with van der Waals surface area (Å²) in [6, 6.07) is 11.1. The van der Waals surface area contributed by atoms with E-state index in [9.17, 15) is 9.59 Å². The van der Waals surface area contributed by atoms with Gasteiger partial charge in [0.15, 0.2) is 11.5 Å². The Bertz CT molecular complexity index is 780. The Kier molecular flexibility index (Phi) is 7.68. The van der Waals surface area contributed by atoms with E-state index in [-0.39, 0.29) is 5.91 Å². The molecule has 1 fully saturated rings. The predicted octanol–water partition coefficient (Wildman–Crippen LogP) is 3.40. The number of benzene rings is 2. The van der Waals surface area contributed by atoms with Crippen LogP contribution in [0.3, 0.4) is 0 Å². The Labute approximate surface area is 165 Å². The molecular formula is C21H26N2O5. The number of rotatable bonds is 6. The van der Waals surface area contributed by atoms with Crippen LogP contribution >= 0.6 is 0 Å². The van der Waals surface area contributed by atoms with Crippen molar-refractivity contribution in [3.8, 4) is 17.2 Å². The molecule has 1 N–H and O–H groups in total. The number of nitrogens with one attached hydrogen (secondary N) is 1. The third kappa shape index (κ3) is 5.16. The van der Waals surface area contributed by atoms with E-state index < -0.39 is 0 Å². The number of amides is 2. The van der Waals surface area contributed by atoms with Crippen LogP contribution in [-0.2, 0) is 9.59 Å². The minimum atomic E-state index is 0.172. The van der Waals surface area contributed by atoms with Gasteiger partial charge in [0.25, 0.3) is 0 Å². The Balaban J connectivity index is 0.000000203. The first-order valence-corrected chi connectivity index (χ1v) is 8.91. The molecule has 1 aliphatic heterocycles. The summed E-state index contributed by atoms with van der Waals surface area (Å²) in [7, 11) is 4.81. The molecule has 28 heavy (non-hydrogen) atoms. The highest BCUT2D eigenvalue weighted by atomic mass is 16.5. The molecule has 1 heterocycles. The zero-order chi connectivity index (χ0) is 20.5. The van der Waals surface area contributed by atoms with Crippen molar-refractivity contribution in [2.75, 3.05) is 38.1 Å². The molecular weight excluding hydrogens is 360 g/mol. The number of ether oxygens (including phenoxy) is 3. The second kappa shape index (κ2) is 10.2. The number of carbonyl (C=O) groups is 2. The number of anilines is 2. The van der Waals surface area contributed by atoms with Crippen molar-refractivity contribution in [2.45, 2.75) is 19.8 Å². The molecule has 2 aromatic carbocycles. The van der Waals surface area contributed by atoms with Gasteiger partial charge >= 0.3 is 0 Å². The summed E-state index contributed by atoms with van der Waals surface area (Å²) in [6.45, 7) is 2.77. The van der Waals surface area contributed by atoms with Crippen LogP contribution in [0.5, 0.6) is 17.2 Å². The van der Waals surface area contributed by atoms with Crippen molar-refractivity contribution in [2.24, 2.45) is 0 Å². The van der Waals surface area contributed by atoms with Gasteiger partial charge in [0.05, 0.1) is 21.3 Å². The Morgan fingerprint density at radius 1 is 1.00 bits per heavy atom. The van der Waals surface area contributed by atoms with E-state index in [4.69, 9.17) is 14.2 Å². The van der Waals surface area contributed by atoms with E-state index >= 15 is 0 Å². The van der Waals surface area contributed by atoms with Crippen molar-refractivity contribution >= 4 is 23.7 Å². The maximum Gasteiger partial charge on any atom is 0.227 e. The van der Waals surface area contributed by atoms with Crippen molar-refractivity contribution in [1.29, 1.82) is 0 Å². The summed E-state index contributed by atoms with van der Waals surface area (Å²) in [5.41, 5.74) is 2.71. The standard InChI is InChI=1S/C11H12N2O2.C10H14O3/c14-8-12-9-3-5-10(6-4-9)13-7-1-2-11(13)15;1-7-5-8(11-2)10(13-4)9(6-7)12-3/h3-6,8H,1-2,7H2,(H,12,14);5-6H,1-4H3. The molecule has 7 heteroatoms. The van der Waals surface area contributed by atoms with Gasteiger partial charge < -0.3 is 24.4 Å². The first-order chi connectivity index (χ1) is 13.5. The summed E-state index contributed by atoms with van der Waals surface area (Å²) in [4.78, 5) is 23.4. The maximum atomic E-state index is 11.4. The molecule has 2 aromatic rings. The third-order valence-corrected chi connectivity index (χ3v) is 4.29. The van der Waals surface area contributed by atoms with Crippen LogP contribution in [0.1, 0.15) is 18.4 Å². The van der Waals surface area contributed by atoms with Crippen molar-refractivity contribution < 1.29 is 23.8 Å². The molecule has 0 unspecified atom stereocenters. The van der Waals surface area contributed by atoms with Gasteiger partial charge in [-0.3, -0.25) is 9.59 Å². The fraction of sp³-hybridized carbons (Fsp3) is 0.333. The molecule has 0 saturated carbocycles. The Morgan fingerprint density at radius 2 is 1.61 bits per heavy atom. The third-order valence-electron chi connectivity index (χ3n) is 4.29. The molecule has 2 amide bonds. The number of methoxy groups -OCH3 is 3. The van der Waals surface area contributed by atoms with Crippen molar-refractivity contribution in [3.63, 3.8) is 0 Å². The van der Waals surface area contributed by atoms with E-state index in [1.165, 1.54) is 0 Å². The first kappa shape index (κ1) is 21.1. The molecule has 1 saturated heterocycles. The summed E-state index contributed by atoms with van der Waals surface area (Å²) in [6.07, 6.45) is 2.19. The number of hydrogen-bond acceptors (Lipinski definition) is 5. The predicted molar refractivity (Wildman–Crippen MR) is 109 cm³/mol. The molecule has 0 atom stereocenters. The van der Waals surface area contributed by atoms with E-state index in [0.717, 1.165) is 29.9 Å². The van der Waals surface area contributed by atoms with Gasteiger partial charge in [-0.25, -0.2) is 0 Å². The molecule has 1 aliphatic rings. The number of carbonyl (C=O) groups excluding carboxylic acids is 2. The number of aryl methyl sites for hydroxylation is 1.